The van der Waals surface area contributed by atoms with Crippen LogP contribution in [0.15, 0.2) is 16.6 Å². The highest BCUT2D eigenvalue weighted by atomic mass is 79.9. The first-order valence-corrected chi connectivity index (χ1v) is 10.9. The van der Waals surface area contributed by atoms with Gasteiger partial charge in [-0.05, 0) is 65.9 Å². The number of ether oxygens (including phenoxy) is 3. The molecule has 7 heteroatoms. The molecule has 29 heavy (non-hydrogen) atoms. The van der Waals surface area contributed by atoms with E-state index in [1.54, 1.807) is 7.11 Å². The summed E-state index contributed by atoms with van der Waals surface area (Å²) >= 11 is 3.60. The van der Waals surface area contributed by atoms with E-state index in [-0.39, 0.29) is 13.5 Å². The second kappa shape index (κ2) is 10.4. The molecule has 2 heterocycles. The number of pyridine rings is 2. The molecule has 1 saturated carbocycles. The average molecular weight is 464 g/mol. The maximum absolute atomic E-state index is 5.82. The third kappa shape index (κ3) is 5.27. The summed E-state index contributed by atoms with van der Waals surface area (Å²) in [6.07, 6.45) is 6.83. The number of methoxy groups -OCH3 is 1. The third-order valence-electron chi connectivity index (χ3n) is 5.52. The smallest absolute Gasteiger partial charge is 0.229 e. The molecule has 0 unspecified atom stereocenters. The highest BCUT2D eigenvalue weighted by Crippen LogP contribution is 2.37. The van der Waals surface area contributed by atoms with Gasteiger partial charge in [0.05, 0.1) is 10.2 Å². The Hall–Kier alpha value is -1.70. The summed E-state index contributed by atoms with van der Waals surface area (Å²) in [7, 11) is 1.64. The van der Waals surface area contributed by atoms with Crippen molar-refractivity contribution in [1.82, 2.24) is 9.97 Å². The molecule has 0 bridgehead atoms. The van der Waals surface area contributed by atoms with Crippen LogP contribution in [-0.4, -0.2) is 30.6 Å². The molecule has 0 atom stereocenters. The third-order valence-corrected chi connectivity index (χ3v) is 6.46. The molecule has 2 N–H and O–H groups in total. The minimum Gasteiger partial charge on any atom is -0.466 e. The van der Waals surface area contributed by atoms with Crippen LogP contribution >= 0.6 is 15.9 Å². The Morgan fingerprint density at radius 3 is 2.55 bits per heavy atom. The molecule has 0 aliphatic heterocycles. The van der Waals surface area contributed by atoms with Crippen molar-refractivity contribution >= 4 is 15.9 Å². The van der Waals surface area contributed by atoms with Gasteiger partial charge in [-0.15, -0.1) is 0 Å². The number of nitrogens with zero attached hydrogens (tertiary/aromatic N) is 2. The lowest BCUT2D eigenvalue weighted by Crippen LogP contribution is -2.13. The van der Waals surface area contributed by atoms with Crippen molar-refractivity contribution < 1.29 is 14.2 Å². The van der Waals surface area contributed by atoms with Gasteiger partial charge < -0.3 is 14.2 Å². The maximum atomic E-state index is 5.82. The van der Waals surface area contributed by atoms with Gasteiger partial charge in [-0.2, -0.15) is 0 Å². The molecular formula is C22H30BrN3O3. The number of halogens is 1. The predicted molar refractivity (Wildman–Crippen MR) is 116 cm³/mol. The van der Waals surface area contributed by atoms with Gasteiger partial charge in [0.15, 0.2) is 6.79 Å². The number of aryl methyl sites for hydroxylation is 1. The van der Waals surface area contributed by atoms with Crippen LogP contribution in [0.2, 0.25) is 0 Å². The summed E-state index contributed by atoms with van der Waals surface area (Å²) < 4.78 is 17.2. The van der Waals surface area contributed by atoms with Crippen molar-refractivity contribution in [3.05, 3.63) is 44.8 Å². The van der Waals surface area contributed by atoms with E-state index in [1.165, 1.54) is 19.3 Å². The molecule has 1 aliphatic rings. The van der Waals surface area contributed by atoms with E-state index < -0.39 is 0 Å². The largest absolute Gasteiger partial charge is 0.466 e. The van der Waals surface area contributed by atoms with Crippen LogP contribution in [0, 0.1) is 13.8 Å². The van der Waals surface area contributed by atoms with Gasteiger partial charge in [0.25, 0.3) is 0 Å². The number of aromatic nitrogens is 2. The van der Waals surface area contributed by atoms with Crippen LogP contribution in [0.5, 0.6) is 11.6 Å². The zero-order valence-corrected chi connectivity index (χ0v) is 19.0. The lowest BCUT2D eigenvalue weighted by atomic mass is 9.86. The Bertz CT molecular complexity index is 839. The zero-order valence-electron chi connectivity index (χ0n) is 17.5. The van der Waals surface area contributed by atoms with Crippen molar-refractivity contribution in [3.8, 4) is 11.6 Å². The summed E-state index contributed by atoms with van der Waals surface area (Å²) in [5, 5.41) is 0. The molecular weight excluding hydrogens is 434 g/mol. The zero-order chi connectivity index (χ0) is 20.8. The first kappa shape index (κ1) is 22.0. The van der Waals surface area contributed by atoms with E-state index in [0.717, 1.165) is 51.3 Å². The first-order chi connectivity index (χ1) is 14.0. The van der Waals surface area contributed by atoms with E-state index in [0.29, 0.717) is 18.2 Å². The summed E-state index contributed by atoms with van der Waals surface area (Å²) in [4.78, 5) is 9.61. The van der Waals surface area contributed by atoms with E-state index in [2.05, 4.69) is 27.8 Å². The van der Waals surface area contributed by atoms with Gasteiger partial charge in [-0.1, -0.05) is 19.3 Å². The molecule has 1 fully saturated rings. The molecule has 2 aromatic rings. The average Bonchev–Trinajstić information content (AvgIpc) is 2.74. The highest BCUT2D eigenvalue weighted by Gasteiger charge is 2.22. The fourth-order valence-corrected chi connectivity index (χ4v) is 4.41. The second-order valence-electron chi connectivity index (χ2n) is 7.48. The Kier molecular flexibility index (Phi) is 7.86. The number of rotatable bonds is 8. The fourth-order valence-electron chi connectivity index (χ4n) is 3.97. The molecule has 0 radical (unpaired) electrons. The molecule has 0 amide bonds. The van der Waals surface area contributed by atoms with E-state index in [9.17, 15) is 0 Å². The summed E-state index contributed by atoms with van der Waals surface area (Å²) in [5.74, 6) is 1.82. The van der Waals surface area contributed by atoms with Gasteiger partial charge in [0.2, 0.25) is 5.88 Å². The molecule has 158 valence electrons. The Morgan fingerprint density at radius 2 is 1.86 bits per heavy atom. The Labute approximate surface area is 181 Å². The number of hydrogen-bond acceptors (Lipinski definition) is 6. The Morgan fingerprint density at radius 1 is 1.10 bits per heavy atom. The van der Waals surface area contributed by atoms with Gasteiger partial charge >= 0.3 is 0 Å². The van der Waals surface area contributed by atoms with Crippen LogP contribution in [0.3, 0.4) is 0 Å². The topological polar surface area (TPSA) is 79.5 Å². The normalized spacial score (nSPS) is 14.8. The minimum absolute atomic E-state index is 0.0963. The Balaban J connectivity index is 1.92. The van der Waals surface area contributed by atoms with Gasteiger partial charge in [0.1, 0.15) is 12.5 Å². The molecule has 0 saturated heterocycles. The monoisotopic (exact) mass is 463 g/mol. The van der Waals surface area contributed by atoms with Crippen molar-refractivity contribution in [3.63, 3.8) is 0 Å². The number of nitrogens with two attached hydrogens (primary N) is 1. The van der Waals surface area contributed by atoms with Gasteiger partial charge in [-0.3, -0.25) is 10.7 Å². The SMILES string of the molecule is COCOc1ccc(Cc2c(C)nc(OCN)c(Br)c2C)nc1C1CCCCC1. The van der Waals surface area contributed by atoms with Crippen LogP contribution in [0.4, 0.5) is 0 Å². The lowest BCUT2D eigenvalue weighted by molar-refractivity contribution is 0.0496. The maximum Gasteiger partial charge on any atom is 0.229 e. The quantitative estimate of drug-likeness (QED) is 0.567. The predicted octanol–water partition coefficient (Wildman–Crippen LogP) is 4.77. The van der Waals surface area contributed by atoms with Gasteiger partial charge in [-0.25, -0.2) is 4.98 Å². The van der Waals surface area contributed by atoms with E-state index >= 15 is 0 Å². The molecule has 1 aliphatic carbocycles. The fraction of sp³-hybridized carbons (Fsp3) is 0.545. The molecule has 0 aromatic carbocycles. The summed E-state index contributed by atoms with van der Waals surface area (Å²) in [6, 6.07) is 4.07. The standard InChI is InChI=1S/C22H30BrN3O3/c1-14-18(15(2)25-22(20(14)23)28-12-24)11-17-9-10-19(29-13-27-3)21(26-17)16-7-5-4-6-8-16/h9-10,16H,4-8,11-13,24H2,1-3H3. The van der Waals surface area contributed by atoms with E-state index in [4.69, 9.17) is 24.9 Å². The molecule has 2 aromatic heterocycles. The summed E-state index contributed by atoms with van der Waals surface area (Å²) in [5.41, 5.74) is 10.8. The minimum atomic E-state index is 0.0963. The second-order valence-corrected chi connectivity index (χ2v) is 8.27. The van der Waals surface area contributed by atoms with Crippen molar-refractivity contribution in [2.24, 2.45) is 5.73 Å². The molecule has 0 spiro atoms. The van der Waals surface area contributed by atoms with Crippen LogP contribution in [-0.2, 0) is 11.2 Å². The van der Waals surface area contributed by atoms with Crippen LogP contribution in [0.1, 0.15) is 66.2 Å². The molecule has 3 rings (SSSR count). The first-order valence-electron chi connectivity index (χ1n) is 10.1. The number of hydrogen-bond donors (Lipinski definition) is 1. The van der Waals surface area contributed by atoms with E-state index in [1.807, 2.05) is 19.1 Å². The summed E-state index contributed by atoms with van der Waals surface area (Å²) in [6.45, 7) is 4.39. The van der Waals surface area contributed by atoms with Crippen LogP contribution in [0.25, 0.3) is 0 Å². The van der Waals surface area contributed by atoms with Gasteiger partial charge in [0, 0.05) is 30.8 Å². The van der Waals surface area contributed by atoms with Crippen molar-refractivity contribution in [2.45, 2.75) is 58.3 Å². The lowest BCUT2D eigenvalue weighted by Gasteiger charge is -2.24. The van der Waals surface area contributed by atoms with Crippen LogP contribution < -0.4 is 15.2 Å². The van der Waals surface area contributed by atoms with Crippen molar-refractivity contribution in [2.75, 3.05) is 20.6 Å². The highest BCUT2D eigenvalue weighted by molar-refractivity contribution is 9.10. The molecule has 6 nitrogen and oxygen atoms in total. The van der Waals surface area contributed by atoms with Crippen molar-refractivity contribution in [1.29, 1.82) is 0 Å².